The molecule has 0 bridgehead atoms. The predicted octanol–water partition coefficient (Wildman–Crippen LogP) is 2.72. The number of alkyl carbamates (subject to hydrolysis) is 1. The summed E-state index contributed by atoms with van der Waals surface area (Å²) in [7, 11) is -2.79. The van der Waals surface area contributed by atoms with Crippen LogP contribution in [0.5, 0.6) is 5.75 Å². The first-order valence-electron chi connectivity index (χ1n) is 13.5. The van der Waals surface area contributed by atoms with Gasteiger partial charge in [-0.25, -0.2) is 13.2 Å². The molecular formula is C28H38N2O9S. The molecule has 12 heteroatoms. The fourth-order valence-corrected chi connectivity index (χ4v) is 6.20. The number of hydrogen-bond donors (Lipinski definition) is 3. The number of ether oxygens (including phenoxy) is 5. The maximum Gasteiger partial charge on any atom is 0.409 e. The summed E-state index contributed by atoms with van der Waals surface area (Å²) < 4.78 is 57.0. The lowest BCUT2D eigenvalue weighted by Crippen LogP contribution is -2.69. The molecule has 0 spiro atoms. The largest absolute Gasteiger partial charge is 0.497 e. The molecular weight excluding hydrogens is 540 g/mol. The van der Waals surface area contributed by atoms with E-state index in [9.17, 15) is 18.3 Å². The van der Waals surface area contributed by atoms with Gasteiger partial charge < -0.3 is 28.8 Å². The average molecular weight is 579 g/mol. The number of aliphatic hydroxyl groups is 1. The summed E-state index contributed by atoms with van der Waals surface area (Å²) in [5.41, 5.74) is -1.26. The second kappa shape index (κ2) is 14.2. The molecule has 2 unspecified atom stereocenters. The van der Waals surface area contributed by atoms with Crippen molar-refractivity contribution in [2.75, 3.05) is 33.7 Å². The molecule has 40 heavy (non-hydrogen) atoms. The minimum absolute atomic E-state index is 0.0560. The van der Waals surface area contributed by atoms with Gasteiger partial charge in [-0.15, -0.1) is 0 Å². The van der Waals surface area contributed by atoms with Gasteiger partial charge in [0.25, 0.3) is 0 Å². The number of benzene rings is 2. The highest BCUT2D eigenvalue weighted by molar-refractivity contribution is 7.89. The second-order valence-corrected chi connectivity index (χ2v) is 11.7. The molecule has 1 saturated carbocycles. The van der Waals surface area contributed by atoms with Crippen molar-refractivity contribution in [2.45, 2.75) is 67.4 Å². The molecule has 1 heterocycles. The Hall–Kier alpha value is -2.74. The minimum Gasteiger partial charge on any atom is -0.497 e. The van der Waals surface area contributed by atoms with Crippen LogP contribution in [0, 0.1) is 0 Å². The molecule has 2 aromatic rings. The number of sulfonamides is 1. The first kappa shape index (κ1) is 30.2. The standard InChI is InChI=1S/C28H38N2O9S/c1-35-22-12-14-25(15-13-22)40(33,34)30-28(16-21-8-4-2-5-9-21,26(31)19-38-23-10-6-3-7-11-23)29-27(32)39-24-17-36-20-37-18-24/h2,4-5,8-9,12-15,23-24,26,30-31H,3,6-7,10-11,16-20H2,1H3,(H,29,32). The zero-order chi connectivity index (χ0) is 28.4. The monoisotopic (exact) mass is 578 g/mol. The Balaban J connectivity index is 1.65. The highest BCUT2D eigenvalue weighted by atomic mass is 32.2. The Morgan fingerprint density at radius 1 is 1.02 bits per heavy atom. The lowest BCUT2D eigenvalue weighted by molar-refractivity contribution is -0.152. The predicted molar refractivity (Wildman–Crippen MR) is 145 cm³/mol. The fourth-order valence-electron chi connectivity index (χ4n) is 4.84. The van der Waals surface area contributed by atoms with Gasteiger partial charge in [0.15, 0.2) is 6.10 Å². The first-order valence-corrected chi connectivity index (χ1v) is 14.9. The molecule has 2 aliphatic rings. The number of methoxy groups -OCH3 is 1. The van der Waals surface area contributed by atoms with Crippen LogP contribution in [0.15, 0.2) is 59.5 Å². The van der Waals surface area contributed by atoms with E-state index in [1.54, 1.807) is 24.3 Å². The van der Waals surface area contributed by atoms with Crippen molar-refractivity contribution < 1.29 is 42.0 Å². The van der Waals surface area contributed by atoms with Gasteiger partial charge in [-0.2, -0.15) is 4.72 Å². The van der Waals surface area contributed by atoms with E-state index in [2.05, 4.69) is 10.0 Å². The Labute approximate surface area is 235 Å². The lowest BCUT2D eigenvalue weighted by Gasteiger charge is -2.40. The van der Waals surface area contributed by atoms with Gasteiger partial charge in [-0.1, -0.05) is 49.6 Å². The minimum atomic E-state index is -4.27. The molecule has 4 rings (SSSR count). The van der Waals surface area contributed by atoms with Crippen LogP contribution in [0.25, 0.3) is 0 Å². The van der Waals surface area contributed by atoms with Crippen molar-refractivity contribution in [3.63, 3.8) is 0 Å². The molecule has 2 fully saturated rings. The number of nitrogens with one attached hydrogen (secondary N) is 2. The van der Waals surface area contributed by atoms with E-state index in [0.29, 0.717) is 11.3 Å². The number of hydrogen-bond acceptors (Lipinski definition) is 9. The van der Waals surface area contributed by atoms with Crippen LogP contribution in [0.3, 0.4) is 0 Å². The highest BCUT2D eigenvalue weighted by Gasteiger charge is 2.45. The van der Waals surface area contributed by atoms with Gasteiger partial charge in [0.2, 0.25) is 10.0 Å². The summed E-state index contributed by atoms with van der Waals surface area (Å²) in [6.07, 6.45) is 1.62. The maximum absolute atomic E-state index is 13.7. The van der Waals surface area contributed by atoms with E-state index in [-0.39, 0.29) is 44.0 Å². The van der Waals surface area contributed by atoms with E-state index >= 15 is 0 Å². The van der Waals surface area contributed by atoms with E-state index in [4.69, 9.17) is 23.7 Å². The van der Waals surface area contributed by atoms with Crippen molar-refractivity contribution >= 4 is 16.1 Å². The Kier molecular flexibility index (Phi) is 10.8. The molecule has 1 aliphatic carbocycles. The van der Waals surface area contributed by atoms with Gasteiger partial charge >= 0.3 is 6.09 Å². The van der Waals surface area contributed by atoms with E-state index < -0.39 is 34.0 Å². The van der Waals surface area contributed by atoms with Crippen LogP contribution in [-0.2, 0) is 35.4 Å². The summed E-state index contributed by atoms with van der Waals surface area (Å²) in [5, 5.41) is 14.3. The van der Waals surface area contributed by atoms with Crippen LogP contribution in [0.1, 0.15) is 37.7 Å². The molecule has 220 valence electrons. The third kappa shape index (κ3) is 8.38. The molecule has 0 radical (unpaired) electrons. The summed E-state index contributed by atoms with van der Waals surface area (Å²) >= 11 is 0. The fraction of sp³-hybridized carbons (Fsp3) is 0.536. The van der Waals surface area contributed by atoms with E-state index in [1.807, 2.05) is 6.07 Å². The number of carbonyl (C=O) groups is 1. The molecule has 2 aromatic carbocycles. The summed E-state index contributed by atoms with van der Waals surface area (Å²) in [6, 6.07) is 14.8. The molecule has 0 aromatic heterocycles. The maximum atomic E-state index is 13.7. The number of aliphatic hydroxyl groups excluding tert-OH is 1. The second-order valence-electron chi connectivity index (χ2n) is 10.0. The SMILES string of the molecule is COc1ccc(S(=O)(=O)NC(Cc2ccccc2)(NC(=O)OC2COCOC2)C(O)COC2CCCCC2)cc1. The quantitative estimate of drug-likeness (QED) is 0.324. The van der Waals surface area contributed by atoms with Crippen molar-refractivity contribution in [1.82, 2.24) is 10.0 Å². The van der Waals surface area contributed by atoms with Gasteiger partial charge in [-0.05, 0) is 42.7 Å². The molecule has 3 N–H and O–H groups in total. The molecule has 11 nitrogen and oxygen atoms in total. The van der Waals surface area contributed by atoms with Gasteiger partial charge in [-0.3, -0.25) is 5.32 Å². The Morgan fingerprint density at radius 3 is 2.35 bits per heavy atom. The zero-order valence-electron chi connectivity index (χ0n) is 22.6. The third-order valence-electron chi connectivity index (χ3n) is 7.00. The normalized spacial score (nSPS) is 19.4. The van der Waals surface area contributed by atoms with Crippen molar-refractivity contribution in [1.29, 1.82) is 0 Å². The lowest BCUT2D eigenvalue weighted by atomic mass is 9.94. The molecule has 1 aliphatic heterocycles. The Morgan fingerprint density at radius 2 is 1.70 bits per heavy atom. The van der Waals surface area contributed by atoms with Crippen molar-refractivity contribution in [3.8, 4) is 5.75 Å². The van der Waals surface area contributed by atoms with Crippen LogP contribution in [0.4, 0.5) is 4.79 Å². The molecule has 1 amide bonds. The Bertz CT molecular complexity index is 1170. The van der Waals surface area contributed by atoms with Crippen LogP contribution in [0.2, 0.25) is 0 Å². The number of carbonyl (C=O) groups excluding carboxylic acids is 1. The summed E-state index contributed by atoms with van der Waals surface area (Å²) in [5.74, 6) is 0.481. The third-order valence-corrected chi connectivity index (χ3v) is 8.52. The van der Waals surface area contributed by atoms with E-state index in [1.165, 1.54) is 31.4 Å². The number of amides is 1. The van der Waals surface area contributed by atoms with Gasteiger partial charge in [0.1, 0.15) is 24.3 Å². The smallest absolute Gasteiger partial charge is 0.409 e. The van der Waals surface area contributed by atoms with Crippen molar-refractivity contribution in [2.24, 2.45) is 0 Å². The van der Waals surface area contributed by atoms with Crippen LogP contribution < -0.4 is 14.8 Å². The molecule has 2 atom stereocenters. The average Bonchev–Trinajstić information content (AvgIpc) is 2.97. The first-order chi connectivity index (χ1) is 19.3. The molecule has 1 saturated heterocycles. The summed E-state index contributed by atoms with van der Waals surface area (Å²) in [4.78, 5) is 13.1. The summed E-state index contributed by atoms with van der Waals surface area (Å²) in [6.45, 7) is 0.144. The van der Waals surface area contributed by atoms with E-state index in [0.717, 1.165) is 32.1 Å². The van der Waals surface area contributed by atoms with Crippen LogP contribution >= 0.6 is 0 Å². The van der Waals surface area contributed by atoms with Gasteiger partial charge in [0.05, 0.1) is 37.9 Å². The zero-order valence-corrected chi connectivity index (χ0v) is 23.4. The van der Waals surface area contributed by atoms with Crippen molar-refractivity contribution in [3.05, 3.63) is 60.2 Å². The van der Waals surface area contributed by atoms with Gasteiger partial charge in [0, 0.05) is 6.42 Å². The number of rotatable bonds is 12. The van der Waals surface area contributed by atoms with Crippen LogP contribution in [-0.4, -0.2) is 77.3 Å². The highest BCUT2D eigenvalue weighted by Crippen LogP contribution is 2.25. The topological polar surface area (TPSA) is 142 Å².